The molecule has 0 aliphatic carbocycles. The molecule has 7 nitrogen and oxygen atoms in total. The van der Waals surface area contributed by atoms with Crippen LogP contribution in [-0.2, 0) is 4.74 Å². The zero-order chi connectivity index (χ0) is 20.7. The van der Waals surface area contributed by atoms with Crippen molar-refractivity contribution in [2.24, 2.45) is 10.9 Å². The van der Waals surface area contributed by atoms with Gasteiger partial charge in [-0.3, -0.25) is 9.89 Å². The number of rotatable bonds is 6. The Kier molecular flexibility index (Phi) is 8.16. The molecular weight excluding hydrogens is 354 g/mol. The van der Waals surface area contributed by atoms with E-state index in [0.29, 0.717) is 19.1 Å². The van der Waals surface area contributed by atoms with Gasteiger partial charge >= 0.3 is 6.09 Å². The van der Waals surface area contributed by atoms with E-state index in [1.165, 1.54) is 6.42 Å². The van der Waals surface area contributed by atoms with Gasteiger partial charge in [-0.15, -0.1) is 0 Å². The van der Waals surface area contributed by atoms with Crippen molar-refractivity contribution in [1.29, 1.82) is 0 Å². The van der Waals surface area contributed by atoms with Crippen molar-refractivity contribution < 1.29 is 9.53 Å². The van der Waals surface area contributed by atoms with E-state index in [0.717, 1.165) is 38.7 Å². The average molecular weight is 394 g/mol. The minimum absolute atomic E-state index is 0.257. The van der Waals surface area contributed by atoms with Crippen LogP contribution in [0.4, 0.5) is 4.79 Å². The number of carbonyl (C=O) groups excluding carboxylic acids is 1. The zero-order valence-electron chi connectivity index (χ0n) is 18.6. The lowest BCUT2D eigenvalue weighted by atomic mass is 10.2. The highest BCUT2D eigenvalue weighted by atomic mass is 16.6. The molecule has 0 spiro atoms. The summed E-state index contributed by atoms with van der Waals surface area (Å²) in [7, 11) is 1.79. The number of likely N-dealkylation sites (tertiary alicyclic amines) is 1. The van der Waals surface area contributed by atoms with E-state index in [1.807, 2.05) is 20.8 Å². The normalized spacial score (nSPS) is 21.9. The van der Waals surface area contributed by atoms with Crippen LogP contribution in [0.25, 0.3) is 0 Å². The van der Waals surface area contributed by atoms with Crippen LogP contribution in [0.2, 0.25) is 0 Å². The van der Waals surface area contributed by atoms with Gasteiger partial charge < -0.3 is 19.9 Å². The highest BCUT2D eigenvalue weighted by Crippen LogP contribution is 2.18. The first kappa shape index (κ1) is 22.5. The summed E-state index contributed by atoms with van der Waals surface area (Å²) in [5, 5.41) is 3.43. The van der Waals surface area contributed by atoms with Crippen LogP contribution >= 0.6 is 0 Å². The Hall–Kier alpha value is -1.76. The maximum Gasteiger partial charge on any atom is 0.410 e. The van der Waals surface area contributed by atoms with Gasteiger partial charge in [0.15, 0.2) is 5.96 Å². The van der Waals surface area contributed by atoms with Crippen LogP contribution in [-0.4, -0.2) is 91.3 Å². The molecule has 7 heteroatoms. The number of ether oxygens (including phenoxy) is 1. The molecule has 2 heterocycles. The number of hydrogen-bond acceptors (Lipinski definition) is 4. The second-order valence-electron chi connectivity index (χ2n) is 8.97. The first-order valence-corrected chi connectivity index (χ1v) is 10.6. The minimum Gasteiger partial charge on any atom is -0.444 e. The maximum absolute atomic E-state index is 12.1. The minimum atomic E-state index is -0.470. The molecular formula is C21H39N5O2. The van der Waals surface area contributed by atoms with Gasteiger partial charge in [0.05, 0.1) is 0 Å². The summed E-state index contributed by atoms with van der Waals surface area (Å²) in [5.41, 5.74) is -0.470. The van der Waals surface area contributed by atoms with Gasteiger partial charge in [0.25, 0.3) is 0 Å². The SMILES string of the molecule is CCNC(=NCC(C)CN(C)C(=O)OC(C)(C)C)N1CCC(N2CC=CC2)C1. The molecule has 2 atom stereocenters. The van der Waals surface area contributed by atoms with E-state index in [1.54, 1.807) is 11.9 Å². The van der Waals surface area contributed by atoms with Crippen molar-refractivity contribution in [3.05, 3.63) is 12.2 Å². The molecule has 2 unspecified atom stereocenters. The zero-order valence-corrected chi connectivity index (χ0v) is 18.6. The number of nitrogens with one attached hydrogen (secondary N) is 1. The molecule has 2 aliphatic heterocycles. The van der Waals surface area contributed by atoms with E-state index in [2.05, 4.69) is 41.1 Å². The van der Waals surface area contributed by atoms with Crippen molar-refractivity contribution in [3.63, 3.8) is 0 Å². The third-order valence-corrected chi connectivity index (χ3v) is 5.00. The molecule has 0 radical (unpaired) electrons. The topological polar surface area (TPSA) is 60.4 Å². The Morgan fingerprint density at radius 2 is 2.04 bits per heavy atom. The Labute approximate surface area is 170 Å². The second-order valence-corrected chi connectivity index (χ2v) is 8.97. The van der Waals surface area contributed by atoms with E-state index in [-0.39, 0.29) is 12.0 Å². The smallest absolute Gasteiger partial charge is 0.410 e. The highest BCUT2D eigenvalue weighted by molar-refractivity contribution is 5.80. The number of guanidine groups is 1. The largest absolute Gasteiger partial charge is 0.444 e. The van der Waals surface area contributed by atoms with Crippen molar-refractivity contribution in [2.45, 2.75) is 52.7 Å². The fourth-order valence-electron chi connectivity index (χ4n) is 3.63. The Balaban J connectivity index is 1.85. The Morgan fingerprint density at radius 3 is 2.64 bits per heavy atom. The quantitative estimate of drug-likeness (QED) is 0.427. The number of aliphatic imine (C=N–C) groups is 1. The van der Waals surface area contributed by atoms with Crippen LogP contribution in [0.3, 0.4) is 0 Å². The third kappa shape index (κ3) is 7.00. The van der Waals surface area contributed by atoms with E-state index in [9.17, 15) is 4.79 Å². The summed E-state index contributed by atoms with van der Waals surface area (Å²) >= 11 is 0. The third-order valence-electron chi connectivity index (χ3n) is 5.00. The lowest BCUT2D eigenvalue weighted by Crippen LogP contribution is -2.43. The molecule has 2 aliphatic rings. The molecule has 1 fully saturated rings. The fraction of sp³-hybridized carbons (Fsp3) is 0.810. The number of carbonyl (C=O) groups is 1. The van der Waals surface area contributed by atoms with Crippen LogP contribution in [0.15, 0.2) is 17.1 Å². The van der Waals surface area contributed by atoms with Crippen LogP contribution in [0.5, 0.6) is 0 Å². The first-order valence-electron chi connectivity index (χ1n) is 10.6. The van der Waals surface area contributed by atoms with Crippen LogP contribution < -0.4 is 5.32 Å². The molecule has 28 heavy (non-hydrogen) atoms. The van der Waals surface area contributed by atoms with Crippen molar-refractivity contribution in [3.8, 4) is 0 Å². The van der Waals surface area contributed by atoms with E-state index in [4.69, 9.17) is 9.73 Å². The number of amides is 1. The fourth-order valence-corrected chi connectivity index (χ4v) is 3.63. The van der Waals surface area contributed by atoms with Gasteiger partial charge in [0, 0.05) is 58.9 Å². The molecule has 1 saturated heterocycles. The van der Waals surface area contributed by atoms with Crippen molar-refractivity contribution in [1.82, 2.24) is 20.0 Å². The summed E-state index contributed by atoms with van der Waals surface area (Å²) in [5.74, 6) is 1.25. The summed E-state index contributed by atoms with van der Waals surface area (Å²) in [4.78, 5) is 23.6. The van der Waals surface area contributed by atoms with E-state index < -0.39 is 5.60 Å². The van der Waals surface area contributed by atoms with Crippen molar-refractivity contribution >= 4 is 12.1 Å². The van der Waals surface area contributed by atoms with Gasteiger partial charge in [0.2, 0.25) is 0 Å². The van der Waals surface area contributed by atoms with Gasteiger partial charge in [-0.1, -0.05) is 19.1 Å². The van der Waals surface area contributed by atoms with Gasteiger partial charge in [-0.25, -0.2) is 4.79 Å². The Morgan fingerprint density at radius 1 is 1.36 bits per heavy atom. The number of hydrogen-bond donors (Lipinski definition) is 1. The predicted molar refractivity (Wildman–Crippen MR) is 115 cm³/mol. The molecule has 0 aromatic heterocycles. The molecule has 2 rings (SSSR count). The molecule has 0 aromatic carbocycles. The molecule has 1 N–H and O–H groups in total. The number of nitrogens with zero attached hydrogens (tertiary/aromatic N) is 4. The van der Waals surface area contributed by atoms with Crippen LogP contribution in [0.1, 0.15) is 41.0 Å². The second kappa shape index (κ2) is 10.1. The lowest BCUT2D eigenvalue weighted by molar-refractivity contribution is 0.0279. The average Bonchev–Trinajstić information content (AvgIpc) is 3.27. The van der Waals surface area contributed by atoms with Gasteiger partial charge in [-0.2, -0.15) is 0 Å². The highest BCUT2D eigenvalue weighted by Gasteiger charge is 2.29. The molecule has 0 bridgehead atoms. The van der Waals surface area contributed by atoms with Gasteiger partial charge in [0.1, 0.15) is 5.60 Å². The molecule has 1 amide bonds. The standard InChI is InChI=1S/C21H39N5O2/c1-7-22-19(26-13-10-18(16-26)25-11-8-9-12-25)23-14-17(2)15-24(6)20(27)28-21(3,4)5/h8-9,17-18H,7,10-16H2,1-6H3,(H,22,23). The summed E-state index contributed by atoms with van der Waals surface area (Å²) < 4.78 is 5.43. The van der Waals surface area contributed by atoms with Crippen LogP contribution in [0, 0.1) is 5.92 Å². The summed E-state index contributed by atoms with van der Waals surface area (Å²) in [6.45, 7) is 16.3. The van der Waals surface area contributed by atoms with Crippen molar-refractivity contribution in [2.75, 3.05) is 52.9 Å². The predicted octanol–water partition coefficient (Wildman–Crippen LogP) is 2.40. The maximum atomic E-state index is 12.1. The lowest BCUT2D eigenvalue weighted by Gasteiger charge is -2.27. The molecule has 0 saturated carbocycles. The summed E-state index contributed by atoms with van der Waals surface area (Å²) in [6.07, 6.45) is 5.41. The van der Waals surface area contributed by atoms with Gasteiger partial charge in [-0.05, 0) is 40.0 Å². The van der Waals surface area contributed by atoms with E-state index >= 15 is 0 Å². The molecule has 0 aromatic rings. The molecule has 160 valence electrons. The monoisotopic (exact) mass is 393 g/mol. The first-order chi connectivity index (χ1) is 13.2. The summed E-state index contributed by atoms with van der Waals surface area (Å²) in [6, 6.07) is 0.606. The Bertz CT molecular complexity index is 562.